The van der Waals surface area contributed by atoms with Gasteiger partial charge in [-0.15, -0.1) is 0 Å². The van der Waals surface area contributed by atoms with Gasteiger partial charge in [-0.05, 0) is 19.1 Å². The summed E-state index contributed by atoms with van der Waals surface area (Å²) in [5.41, 5.74) is 0.968. The number of carbonyl (C=O) groups excluding carboxylic acids is 2. The van der Waals surface area contributed by atoms with Crippen LogP contribution in [-0.4, -0.2) is 49.0 Å². The fraction of sp³-hybridized carbons (Fsp3) is 0.417. The van der Waals surface area contributed by atoms with E-state index in [1.54, 1.807) is 33.2 Å². The molecule has 0 saturated heterocycles. The summed E-state index contributed by atoms with van der Waals surface area (Å²) >= 11 is 0. The Balaban J connectivity index is 2.83. The Hall–Kier alpha value is -2.11. The molecule has 1 atom stereocenters. The molecule has 0 bridgehead atoms. The minimum absolute atomic E-state index is 0.190. The maximum Gasteiger partial charge on any atom is 0.327 e. The van der Waals surface area contributed by atoms with Gasteiger partial charge < -0.3 is 15.0 Å². The van der Waals surface area contributed by atoms with Gasteiger partial charge in [0.25, 0.3) is 5.91 Å². The van der Waals surface area contributed by atoms with E-state index in [1.807, 2.05) is 0 Å². The maximum absolute atomic E-state index is 11.7. The summed E-state index contributed by atoms with van der Waals surface area (Å²) in [6.45, 7) is 1.68. The second kappa shape index (κ2) is 6.00. The first kappa shape index (κ1) is 14.0. The Bertz CT molecular complexity index is 446. The Morgan fingerprint density at radius 2 is 2.11 bits per heavy atom. The fourth-order valence-corrected chi connectivity index (χ4v) is 1.35. The van der Waals surface area contributed by atoms with Crippen molar-refractivity contribution in [3.8, 4) is 0 Å². The zero-order chi connectivity index (χ0) is 13.7. The molecule has 1 aromatic rings. The molecule has 1 heterocycles. The SMILES string of the molecule is COC(=O)C(C)Nc1ccnc(C(=O)N(C)C)c1. The molecule has 0 aliphatic carbocycles. The summed E-state index contributed by atoms with van der Waals surface area (Å²) in [5.74, 6) is -0.559. The molecule has 6 heteroatoms. The third-order valence-electron chi connectivity index (χ3n) is 2.32. The average Bonchev–Trinajstić information content (AvgIpc) is 2.36. The lowest BCUT2D eigenvalue weighted by Gasteiger charge is -2.14. The van der Waals surface area contributed by atoms with Crippen LogP contribution < -0.4 is 5.32 Å². The van der Waals surface area contributed by atoms with Crippen molar-refractivity contribution in [3.05, 3.63) is 24.0 Å². The number of amides is 1. The van der Waals surface area contributed by atoms with E-state index < -0.39 is 6.04 Å². The number of anilines is 1. The molecule has 0 spiro atoms. The molecule has 0 radical (unpaired) electrons. The number of nitrogens with one attached hydrogen (secondary N) is 1. The highest BCUT2D eigenvalue weighted by atomic mass is 16.5. The zero-order valence-corrected chi connectivity index (χ0v) is 10.9. The summed E-state index contributed by atoms with van der Waals surface area (Å²) in [4.78, 5) is 28.4. The largest absolute Gasteiger partial charge is 0.467 e. The lowest BCUT2D eigenvalue weighted by molar-refractivity contribution is -0.141. The van der Waals surface area contributed by atoms with Crippen LogP contribution in [0.1, 0.15) is 17.4 Å². The van der Waals surface area contributed by atoms with Gasteiger partial charge in [0.05, 0.1) is 7.11 Å². The van der Waals surface area contributed by atoms with Crippen LogP contribution in [-0.2, 0) is 9.53 Å². The summed E-state index contributed by atoms with van der Waals surface area (Å²) < 4.78 is 4.61. The number of esters is 1. The number of pyridine rings is 1. The summed E-state index contributed by atoms with van der Waals surface area (Å²) in [5, 5.41) is 2.94. The summed E-state index contributed by atoms with van der Waals surface area (Å²) in [6.07, 6.45) is 1.52. The molecule has 1 unspecified atom stereocenters. The third kappa shape index (κ3) is 3.44. The molecule has 18 heavy (non-hydrogen) atoms. The Morgan fingerprint density at radius 1 is 1.44 bits per heavy atom. The summed E-state index contributed by atoms with van der Waals surface area (Å²) in [7, 11) is 4.64. The van der Waals surface area contributed by atoms with Crippen molar-refractivity contribution in [3.63, 3.8) is 0 Å². The molecule has 0 aliphatic heterocycles. The fourth-order valence-electron chi connectivity index (χ4n) is 1.35. The van der Waals surface area contributed by atoms with Crippen LogP contribution in [0.15, 0.2) is 18.3 Å². The molecule has 0 fully saturated rings. The number of hydrogen-bond acceptors (Lipinski definition) is 5. The maximum atomic E-state index is 11.7. The first-order valence-corrected chi connectivity index (χ1v) is 5.47. The zero-order valence-electron chi connectivity index (χ0n) is 10.9. The first-order chi connectivity index (χ1) is 8.45. The van der Waals surface area contributed by atoms with E-state index in [0.29, 0.717) is 11.4 Å². The number of ether oxygens (including phenoxy) is 1. The van der Waals surface area contributed by atoms with Crippen LogP contribution in [0.4, 0.5) is 5.69 Å². The standard InChI is InChI=1S/C12H17N3O3/c1-8(12(17)18-4)14-9-5-6-13-10(7-9)11(16)15(2)3/h5-8H,1-4H3,(H,13,14). The Kier molecular flexibility index (Phi) is 4.65. The van der Waals surface area contributed by atoms with Gasteiger partial charge in [0.15, 0.2) is 0 Å². The summed E-state index contributed by atoms with van der Waals surface area (Å²) in [6, 6.07) is 2.80. The highest BCUT2D eigenvalue weighted by Gasteiger charge is 2.14. The topological polar surface area (TPSA) is 71.5 Å². The lowest BCUT2D eigenvalue weighted by atomic mass is 10.2. The number of nitrogens with zero attached hydrogens (tertiary/aromatic N) is 2. The molecule has 0 aromatic carbocycles. The van der Waals surface area contributed by atoms with Crippen LogP contribution in [0.3, 0.4) is 0 Å². The van der Waals surface area contributed by atoms with E-state index in [2.05, 4.69) is 15.0 Å². The second-order valence-corrected chi connectivity index (χ2v) is 4.02. The number of carbonyl (C=O) groups is 2. The number of hydrogen-bond donors (Lipinski definition) is 1. The average molecular weight is 251 g/mol. The molecule has 1 aromatic heterocycles. The van der Waals surface area contributed by atoms with Crippen molar-refractivity contribution in [2.24, 2.45) is 0 Å². The van der Waals surface area contributed by atoms with Crippen molar-refractivity contribution in [2.45, 2.75) is 13.0 Å². The minimum Gasteiger partial charge on any atom is -0.467 e. The van der Waals surface area contributed by atoms with Crippen LogP contribution >= 0.6 is 0 Å². The van der Waals surface area contributed by atoms with Crippen LogP contribution in [0.25, 0.3) is 0 Å². The molecule has 98 valence electrons. The monoisotopic (exact) mass is 251 g/mol. The van der Waals surface area contributed by atoms with Crippen molar-refractivity contribution < 1.29 is 14.3 Å². The van der Waals surface area contributed by atoms with E-state index in [0.717, 1.165) is 0 Å². The number of methoxy groups -OCH3 is 1. The van der Waals surface area contributed by atoms with Gasteiger partial charge in [-0.25, -0.2) is 4.79 Å². The molecule has 0 aliphatic rings. The van der Waals surface area contributed by atoms with E-state index >= 15 is 0 Å². The van der Waals surface area contributed by atoms with Crippen LogP contribution in [0.2, 0.25) is 0 Å². The molecule has 6 nitrogen and oxygen atoms in total. The van der Waals surface area contributed by atoms with Gasteiger partial charge in [0.2, 0.25) is 0 Å². The highest BCUT2D eigenvalue weighted by molar-refractivity contribution is 5.93. The van der Waals surface area contributed by atoms with Gasteiger partial charge >= 0.3 is 5.97 Å². The highest BCUT2D eigenvalue weighted by Crippen LogP contribution is 2.11. The van der Waals surface area contributed by atoms with E-state index in [4.69, 9.17) is 0 Å². The van der Waals surface area contributed by atoms with Gasteiger partial charge in [-0.2, -0.15) is 0 Å². The van der Waals surface area contributed by atoms with Crippen LogP contribution in [0, 0.1) is 0 Å². The minimum atomic E-state index is -0.486. The molecule has 1 amide bonds. The van der Waals surface area contributed by atoms with Crippen molar-refractivity contribution in [1.29, 1.82) is 0 Å². The predicted molar refractivity (Wildman–Crippen MR) is 67.4 cm³/mol. The quantitative estimate of drug-likeness (QED) is 0.800. The Labute approximate surface area is 106 Å². The molecule has 1 rings (SSSR count). The van der Waals surface area contributed by atoms with Gasteiger partial charge in [-0.3, -0.25) is 9.78 Å². The second-order valence-electron chi connectivity index (χ2n) is 4.02. The van der Waals surface area contributed by atoms with E-state index in [9.17, 15) is 9.59 Å². The smallest absolute Gasteiger partial charge is 0.327 e. The molecular formula is C12H17N3O3. The van der Waals surface area contributed by atoms with E-state index in [1.165, 1.54) is 18.2 Å². The normalized spacial score (nSPS) is 11.6. The molecular weight excluding hydrogens is 234 g/mol. The van der Waals surface area contributed by atoms with Gasteiger partial charge in [0.1, 0.15) is 11.7 Å². The van der Waals surface area contributed by atoms with Crippen LogP contribution in [0.5, 0.6) is 0 Å². The Morgan fingerprint density at radius 3 is 2.67 bits per heavy atom. The third-order valence-corrected chi connectivity index (χ3v) is 2.32. The lowest BCUT2D eigenvalue weighted by Crippen LogP contribution is -2.27. The number of aromatic nitrogens is 1. The van der Waals surface area contributed by atoms with E-state index in [-0.39, 0.29) is 11.9 Å². The predicted octanol–water partition coefficient (Wildman–Crippen LogP) is 0.757. The molecule has 0 saturated carbocycles. The number of rotatable bonds is 4. The van der Waals surface area contributed by atoms with Crippen molar-refractivity contribution >= 4 is 17.6 Å². The van der Waals surface area contributed by atoms with Crippen molar-refractivity contribution in [2.75, 3.05) is 26.5 Å². The van der Waals surface area contributed by atoms with Crippen molar-refractivity contribution in [1.82, 2.24) is 9.88 Å². The molecule has 1 N–H and O–H groups in total. The van der Waals surface area contributed by atoms with Gasteiger partial charge in [0, 0.05) is 26.0 Å². The first-order valence-electron chi connectivity index (χ1n) is 5.47. The van der Waals surface area contributed by atoms with Gasteiger partial charge in [-0.1, -0.05) is 0 Å².